The number of benzene rings is 2. The molecule has 0 aliphatic heterocycles. The number of anilines is 1. The number of carbonyl (C=O) groups is 3. The molecule has 3 aliphatic carbocycles. The molecular formula is C25H24N2O7. The van der Waals surface area contributed by atoms with E-state index in [1.54, 1.807) is 24.3 Å². The third kappa shape index (κ3) is 2.90. The van der Waals surface area contributed by atoms with Crippen LogP contribution < -0.4 is 11.5 Å². The van der Waals surface area contributed by atoms with Crippen LogP contribution in [0.15, 0.2) is 42.0 Å². The van der Waals surface area contributed by atoms with Crippen LogP contribution in [0.3, 0.4) is 0 Å². The van der Waals surface area contributed by atoms with Crippen molar-refractivity contribution in [3.63, 3.8) is 0 Å². The summed E-state index contributed by atoms with van der Waals surface area (Å²) in [5, 5.41) is 43.4. The Kier molecular flexibility index (Phi) is 4.82. The number of primary amides is 1. The van der Waals surface area contributed by atoms with E-state index in [1.165, 1.54) is 6.07 Å². The molecule has 5 atom stereocenters. The number of nitrogen functional groups attached to an aromatic ring is 1. The number of Topliss-reactive ketones (excluding diaryl/α,β-unsaturated/α-hetero) is 2. The van der Waals surface area contributed by atoms with Gasteiger partial charge in [0.15, 0.2) is 11.4 Å². The van der Waals surface area contributed by atoms with E-state index >= 15 is 0 Å². The summed E-state index contributed by atoms with van der Waals surface area (Å²) in [6, 6.07) is 10.2. The molecule has 1 amide bonds. The maximum Gasteiger partial charge on any atom is 0.230 e. The van der Waals surface area contributed by atoms with Gasteiger partial charge in [0.25, 0.3) is 0 Å². The Bertz CT molecular complexity index is 1300. The molecular weight excluding hydrogens is 440 g/mol. The fourth-order valence-electron chi connectivity index (χ4n) is 5.90. The Balaban J connectivity index is 1.67. The third-order valence-corrected chi connectivity index (χ3v) is 7.47. The number of hydrogen-bond acceptors (Lipinski definition) is 8. The number of phenolic OH excluding ortho intramolecular Hbond substituents is 1. The van der Waals surface area contributed by atoms with Crippen molar-refractivity contribution in [3.05, 3.63) is 53.1 Å². The zero-order valence-electron chi connectivity index (χ0n) is 18.1. The van der Waals surface area contributed by atoms with E-state index in [9.17, 15) is 34.8 Å². The second-order valence-corrected chi connectivity index (χ2v) is 9.35. The van der Waals surface area contributed by atoms with E-state index < -0.39 is 52.7 Å². The minimum atomic E-state index is -2.59. The number of hydrogen-bond donors (Lipinski definition) is 6. The second kappa shape index (κ2) is 7.41. The van der Waals surface area contributed by atoms with Crippen LogP contribution in [0.2, 0.25) is 0 Å². The molecule has 0 radical (unpaired) electrons. The Morgan fingerprint density at radius 3 is 2.50 bits per heavy atom. The molecule has 2 unspecified atom stereocenters. The van der Waals surface area contributed by atoms with Gasteiger partial charge in [-0.3, -0.25) is 14.4 Å². The number of rotatable bonds is 2. The van der Waals surface area contributed by atoms with Gasteiger partial charge < -0.3 is 31.9 Å². The van der Waals surface area contributed by atoms with Gasteiger partial charge in [-0.15, -0.1) is 0 Å². The van der Waals surface area contributed by atoms with Crippen molar-refractivity contribution in [2.24, 2.45) is 23.5 Å². The SMILES string of the molecule is NC(=O)C1C(=O)[C@@]2(O)C(=O)C3=C(O)c4c(O)ccc(-c5cccc(N)c5)c4C[C@H]3C[C@H]2CC1O. The lowest BCUT2D eigenvalue weighted by molar-refractivity contribution is -0.174. The van der Waals surface area contributed by atoms with Crippen molar-refractivity contribution in [3.8, 4) is 16.9 Å². The van der Waals surface area contributed by atoms with E-state index in [-0.39, 0.29) is 36.1 Å². The predicted molar refractivity (Wildman–Crippen MR) is 121 cm³/mol. The summed E-state index contributed by atoms with van der Waals surface area (Å²) in [5.41, 5.74) is 11.1. The standard InChI is InChI=1S/C25H24N2O7/c26-13-3-1-2-10(7-13)14-4-5-16(28)19-15(14)8-11-6-12-9-17(29)20(24(27)33)23(32)25(12,34)22(31)18(11)21(19)30/h1-5,7,11-12,17,20,28-30,34H,6,8-9,26H2,(H2,27,33)/t11-,12+,17?,20?,25+/m1/s1. The van der Waals surface area contributed by atoms with E-state index in [2.05, 4.69) is 0 Å². The largest absolute Gasteiger partial charge is 0.507 e. The van der Waals surface area contributed by atoms with Crippen molar-refractivity contribution in [2.45, 2.75) is 31.0 Å². The fourth-order valence-corrected chi connectivity index (χ4v) is 5.90. The molecule has 0 spiro atoms. The monoisotopic (exact) mass is 464 g/mol. The zero-order valence-corrected chi connectivity index (χ0v) is 18.1. The average molecular weight is 464 g/mol. The van der Waals surface area contributed by atoms with Gasteiger partial charge >= 0.3 is 0 Å². The quantitative estimate of drug-likeness (QED) is 0.279. The summed E-state index contributed by atoms with van der Waals surface area (Å²) in [7, 11) is 0. The first-order valence-corrected chi connectivity index (χ1v) is 11.0. The molecule has 2 fully saturated rings. The van der Waals surface area contributed by atoms with Gasteiger partial charge in [0.2, 0.25) is 11.7 Å². The van der Waals surface area contributed by atoms with Gasteiger partial charge in [-0.1, -0.05) is 18.2 Å². The lowest BCUT2D eigenvalue weighted by atomic mass is 9.56. The molecule has 5 rings (SSSR count). The maximum atomic E-state index is 13.5. The minimum Gasteiger partial charge on any atom is -0.507 e. The molecule has 9 heteroatoms. The zero-order chi connectivity index (χ0) is 24.5. The molecule has 2 aromatic carbocycles. The van der Waals surface area contributed by atoms with Gasteiger partial charge in [-0.05, 0) is 60.1 Å². The molecule has 34 heavy (non-hydrogen) atoms. The molecule has 0 bridgehead atoms. The first-order chi connectivity index (χ1) is 16.1. The molecule has 8 N–H and O–H groups in total. The summed E-state index contributed by atoms with van der Waals surface area (Å²) >= 11 is 0. The second-order valence-electron chi connectivity index (χ2n) is 9.35. The van der Waals surface area contributed by atoms with E-state index in [1.807, 2.05) is 6.07 Å². The lowest BCUT2D eigenvalue weighted by Gasteiger charge is -2.48. The van der Waals surface area contributed by atoms with E-state index in [0.29, 0.717) is 16.8 Å². The molecule has 3 aliphatic rings. The number of carbonyl (C=O) groups excluding carboxylic acids is 3. The highest BCUT2D eigenvalue weighted by Gasteiger charge is 2.63. The van der Waals surface area contributed by atoms with Crippen molar-refractivity contribution >= 4 is 28.9 Å². The summed E-state index contributed by atoms with van der Waals surface area (Å²) in [5.74, 6) is -7.31. The van der Waals surface area contributed by atoms with Gasteiger partial charge in [0, 0.05) is 17.2 Å². The number of ketones is 2. The van der Waals surface area contributed by atoms with Crippen molar-refractivity contribution in [2.75, 3.05) is 5.73 Å². The molecule has 0 heterocycles. The number of nitrogens with two attached hydrogens (primary N) is 2. The number of aliphatic hydroxyl groups excluding tert-OH is 2. The minimum absolute atomic E-state index is 0.0521. The Hall–Kier alpha value is -3.69. The van der Waals surface area contributed by atoms with Crippen LogP contribution in [-0.4, -0.2) is 49.6 Å². The van der Waals surface area contributed by atoms with Crippen LogP contribution in [0, 0.1) is 17.8 Å². The molecule has 176 valence electrons. The Morgan fingerprint density at radius 1 is 1.09 bits per heavy atom. The molecule has 2 saturated carbocycles. The number of aromatic hydroxyl groups is 1. The normalized spacial score (nSPS) is 30.4. The summed E-state index contributed by atoms with van der Waals surface area (Å²) in [4.78, 5) is 38.3. The van der Waals surface area contributed by atoms with Crippen LogP contribution in [0.25, 0.3) is 16.9 Å². The van der Waals surface area contributed by atoms with Gasteiger partial charge in [-0.25, -0.2) is 0 Å². The van der Waals surface area contributed by atoms with Crippen LogP contribution >= 0.6 is 0 Å². The van der Waals surface area contributed by atoms with Crippen LogP contribution in [0.1, 0.15) is 24.0 Å². The summed E-state index contributed by atoms with van der Waals surface area (Å²) in [6.07, 6.45) is -1.22. The van der Waals surface area contributed by atoms with Crippen LogP contribution in [0.5, 0.6) is 5.75 Å². The Morgan fingerprint density at radius 2 is 1.82 bits per heavy atom. The number of fused-ring (bicyclic) bond motifs is 3. The van der Waals surface area contributed by atoms with E-state index in [0.717, 1.165) is 5.56 Å². The maximum absolute atomic E-state index is 13.5. The van der Waals surface area contributed by atoms with Crippen molar-refractivity contribution < 1.29 is 34.8 Å². The predicted octanol–water partition coefficient (Wildman–Crippen LogP) is 0.838. The number of phenols is 1. The van der Waals surface area contributed by atoms with Gasteiger partial charge in [0.1, 0.15) is 17.4 Å². The number of aliphatic hydroxyl groups is 3. The Labute approximate surface area is 194 Å². The highest BCUT2D eigenvalue weighted by Crippen LogP contribution is 2.52. The third-order valence-electron chi connectivity index (χ3n) is 7.47. The smallest absolute Gasteiger partial charge is 0.230 e. The molecule has 9 nitrogen and oxygen atoms in total. The lowest BCUT2D eigenvalue weighted by Crippen LogP contribution is -2.66. The van der Waals surface area contributed by atoms with E-state index in [4.69, 9.17) is 11.5 Å². The van der Waals surface area contributed by atoms with Gasteiger partial charge in [-0.2, -0.15) is 0 Å². The highest BCUT2D eigenvalue weighted by atomic mass is 16.3. The van der Waals surface area contributed by atoms with Crippen molar-refractivity contribution in [1.29, 1.82) is 0 Å². The first-order valence-electron chi connectivity index (χ1n) is 11.0. The van der Waals surface area contributed by atoms with Crippen molar-refractivity contribution in [1.82, 2.24) is 0 Å². The molecule has 2 aromatic rings. The van der Waals surface area contributed by atoms with Crippen LogP contribution in [-0.2, 0) is 20.8 Å². The summed E-state index contributed by atoms with van der Waals surface area (Å²) < 4.78 is 0. The fraction of sp³-hybridized carbons (Fsp3) is 0.320. The first kappa shape index (κ1) is 22.1. The summed E-state index contributed by atoms with van der Waals surface area (Å²) in [6.45, 7) is 0. The highest BCUT2D eigenvalue weighted by molar-refractivity contribution is 6.24. The van der Waals surface area contributed by atoms with Crippen LogP contribution in [0.4, 0.5) is 5.69 Å². The molecule has 0 aromatic heterocycles. The topological polar surface area (TPSA) is 184 Å². The molecule has 0 saturated heterocycles. The average Bonchev–Trinajstić information content (AvgIpc) is 2.76. The number of amides is 1. The van der Waals surface area contributed by atoms with Gasteiger partial charge in [0.05, 0.1) is 11.7 Å².